The molecular weight excluding hydrogens is 420 g/mol. The van der Waals surface area contributed by atoms with E-state index in [0.717, 1.165) is 12.1 Å². The lowest BCUT2D eigenvalue weighted by Gasteiger charge is -2.11. The molecule has 0 N–H and O–H groups in total. The molecule has 8 heteroatoms. The van der Waals surface area contributed by atoms with Crippen LogP contribution in [0.5, 0.6) is 5.88 Å². The second-order valence-corrected chi connectivity index (χ2v) is 6.38. The highest BCUT2D eigenvalue weighted by molar-refractivity contribution is 9.10. The van der Waals surface area contributed by atoms with Crippen LogP contribution in [-0.4, -0.2) is 9.55 Å². The summed E-state index contributed by atoms with van der Waals surface area (Å²) in [5.74, 6) is -1.43. The maximum atomic E-state index is 13.7. The molecule has 3 aromatic rings. The van der Waals surface area contributed by atoms with Crippen LogP contribution in [0.1, 0.15) is 16.7 Å². The van der Waals surface area contributed by atoms with Gasteiger partial charge in [0.05, 0.1) is 18.2 Å². The molecule has 0 aliphatic rings. The molecule has 2 aromatic carbocycles. The van der Waals surface area contributed by atoms with E-state index in [-0.39, 0.29) is 29.1 Å². The lowest BCUT2D eigenvalue weighted by Crippen LogP contribution is -2.23. The van der Waals surface area contributed by atoms with Gasteiger partial charge in [-0.3, -0.25) is 9.36 Å². The van der Waals surface area contributed by atoms with E-state index in [9.17, 15) is 13.6 Å². The van der Waals surface area contributed by atoms with Crippen molar-refractivity contribution in [3.63, 3.8) is 0 Å². The zero-order valence-corrected chi connectivity index (χ0v) is 15.4. The van der Waals surface area contributed by atoms with Gasteiger partial charge in [-0.1, -0.05) is 18.2 Å². The predicted octanol–water partition coefficient (Wildman–Crippen LogP) is 3.78. The number of aromatic nitrogens is 2. The van der Waals surface area contributed by atoms with Gasteiger partial charge in [0.25, 0.3) is 5.56 Å². The van der Waals surface area contributed by atoms with Gasteiger partial charge in [0.2, 0.25) is 5.88 Å². The summed E-state index contributed by atoms with van der Waals surface area (Å²) in [7, 11) is 0. The molecule has 0 saturated heterocycles. The molecule has 1 aromatic heterocycles. The number of benzene rings is 2. The van der Waals surface area contributed by atoms with Crippen molar-refractivity contribution in [2.45, 2.75) is 13.2 Å². The van der Waals surface area contributed by atoms with Gasteiger partial charge in [0, 0.05) is 11.6 Å². The van der Waals surface area contributed by atoms with Crippen LogP contribution in [0.3, 0.4) is 0 Å². The van der Waals surface area contributed by atoms with Crippen LogP contribution in [-0.2, 0) is 13.2 Å². The fourth-order valence-electron chi connectivity index (χ4n) is 2.40. The Labute approximate surface area is 161 Å². The maximum absolute atomic E-state index is 13.7. The van der Waals surface area contributed by atoms with E-state index in [4.69, 9.17) is 10.00 Å². The number of hydrogen-bond acceptors (Lipinski definition) is 4. The summed E-state index contributed by atoms with van der Waals surface area (Å²) in [6.45, 7) is -0.0422. The quantitative estimate of drug-likeness (QED) is 0.616. The number of rotatable bonds is 5. The smallest absolute Gasteiger partial charge is 0.271 e. The van der Waals surface area contributed by atoms with E-state index in [1.54, 1.807) is 24.3 Å². The van der Waals surface area contributed by atoms with Crippen molar-refractivity contribution >= 4 is 15.9 Å². The molecule has 0 saturated carbocycles. The van der Waals surface area contributed by atoms with Crippen molar-refractivity contribution < 1.29 is 13.5 Å². The standard InChI is InChI=1S/C19H12BrF2N3O2/c20-17-18(27-10-14-5-6-15(21)7-16(14)22)24-11-25(19(17)26)9-13-4-2-1-3-12(13)8-23/h1-7,11H,9-10H2. The van der Waals surface area contributed by atoms with Crippen LogP contribution in [0.15, 0.2) is 58.1 Å². The van der Waals surface area contributed by atoms with Gasteiger partial charge < -0.3 is 4.74 Å². The first-order valence-electron chi connectivity index (χ1n) is 7.79. The molecule has 0 fully saturated rings. The molecule has 3 rings (SSSR count). The van der Waals surface area contributed by atoms with Crippen molar-refractivity contribution in [2.24, 2.45) is 0 Å². The largest absolute Gasteiger partial charge is 0.472 e. The fourth-order valence-corrected chi connectivity index (χ4v) is 2.84. The monoisotopic (exact) mass is 431 g/mol. The molecule has 5 nitrogen and oxygen atoms in total. The van der Waals surface area contributed by atoms with Gasteiger partial charge in [-0.2, -0.15) is 5.26 Å². The van der Waals surface area contributed by atoms with Crippen LogP contribution in [0.4, 0.5) is 8.78 Å². The van der Waals surface area contributed by atoms with Gasteiger partial charge in [0.1, 0.15) is 29.0 Å². The highest BCUT2D eigenvalue weighted by Crippen LogP contribution is 2.20. The zero-order chi connectivity index (χ0) is 19.4. The molecule has 136 valence electrons. The molecule has 0 bridgehead atoms. The first-order chi connectivity index (χ1) is 13.0. The van der Waals surface area contributed by atoms with Crippen LogP contribution in [0, 0.1) is 23.0 Å². The van der Waals surface area contributed by atoms with Crippen molar-refractivity contribution in [1.82, 2.24) is 9.55 Å². The molecule has 0 aliphatic carbocycles. The average Bonchev–Trinajstić information content (AvgIpc) is 2.66. The predicted molar refractivity (Wildman–Crippen MR) is 97.1 cm³/mol. The first kappa shape index (κ1) is 18.7. The summed E-state index contributed by atoms with van der Waals surface area (Å²) in [5.41, 5.74) is 0.870. The molecule has 0 amide bonds. The molecular formula is C19H12BrF2N3O2. The van der Waals surface area contributed by atoms with Crippen LogP contribution >= 0.6 is 15.9 Å². The van der Waals surface area contributed by atoms with Gasteiger partial charge in [-0.25, -0.2) is 13.8 Å². The Morgan fingerprint density at radius 3 is 2.70 bits per heavy atom. The summed E-state index contributed by atoms with van der Waals surface area (Å²) in [6.07, 6.45) is 1.29. The van der Waals surface area contributed by atoms with Gasteiger partial charge in [-0.05, 0) is 39.7 Å². The van der Waals surface area contributed by atoms with Crippen molar-refractivity contribution in [1.29, 1.82) is 5.26 Å². The summed E-state index contributed by atoms with van der Waals surface area (Å²) >= 11 is 3.14. The molecule has 0 atom stereocenters. The van der Waals surface area contributed by atoms with Gasteiger partial charge in [0.15, 0.2) is 0 Å². The van der Waals surface area contributed by atoms with Crippen LogP contribution in [0.25, 0.3) is 0 Å². The van der Waals surface area contributed by atoms with E-state index in [0.29, 0.717) is 11.1 Å². The number of ether oxygens (including phenoxy) is 1. The van der Waals surface area contributed by atoms with Crippen molar-refractivity contribution in [3.8, 4) is 11.9 Å². The summed E-state index contributed by atoms with van der Waals surface area (Å²) in [5, 5.41) is 9.15. The van der Waals surface area contributed by atoms with E-state index in [2.05, 4.69) is 27.0 Å². The molecule has 0 unspecified atom stereocenters. The lowest BCUT2D eigenvalue weighted by molar-refractivity contribution is 0.283. The second-order valence-electron chi connectivity index (χ2n) is 5.59. The Bertz CT molecular complexity index is 1090. The van der Waals surface area contributed by atoms with Gasteiger partial charge >= 0.3 is 0 Å². The van der Waals surface area contributed by atoms with Crippen molar-refractivity contribution in [2.75, 3.05) is 0 Å². The number of hydrogen-bond donors (Lipinski definition) is 0. The molecule has 1 heterocycles. The van der Waals surface area contributed by atoms with E-state index in [1.807, 2.05) is 0 Å². The molecule has 0 radical (unpaired) electrons. The number of nitrogens with zero attached hydrogens (tertiary/aromatic N) is 3. The SMILES string of the molecule is N#Cc1ccccc1Cn1cnc(OCc2ccc(F)cc2F)c(Br)c1=O. The van der Waals surface area contributed by atoms with Crippen LogP contribution < -0.4 is 10.3 Å². The average molecular weight is 432 g/mol. The first-order valence-corrected chi connectivity index (χ1v) is 8.58. The minimum atomic E-state index is -0.743. The third-order valence-corrected chi connectivity index (χ3v) is 4.49. The molecule has 27 heavy (non-hydrogen) atoms. The molecule has 0 spiro atoms. The number of halogens is 3. The Hall–Kier alpha value is -3.05. The van der Waals surface area contributed by atoms with Crippen molar-refractivity contribution in [3.05, 3.63) is 91.9 Å². The zero-order valence-electron chi connectivity index (χ0n) is 13.8. The lowest BCUT2D eigenvalue weighted by atomic mass is 10.1. The third kappa shape index (κ3) is 4.20. The minimum Gasteiger partial charge on any atom is -0.472 e. The Balaban J connectivity index is 1.81. The maximum Gasteiger partial charge on any atom is 0.271 e. The second kappa shape index (κ2) is 8.10. The Kier molecular flexibility index (Phi) is 5.62. The minimum absolute atomic E-state index is 0.00598. The highest BCUT2D eigenvalue weighted by Gasteiger charge is 2.13. The fraction of sp³-hybridized carbons (Fsp3) is 0.105. The topological polar surface area (TPSA) is 67.9 Å². The van der Waals surface area contributed by atoms with E-state index in [1.165, 1.54) is 17.0 Å². The Morgan fingerprint density at radius 2 is 1.96 bits per heavy atom. The van der Waals surface area contributed by atoms with Crippen LogP contribution in [0.2, 0.25) is 0 Å². The van der Waals surface area contributed by atoms with E-state index < -0.39 is 17.2 Å². The summed E-state index contributed by atoms with van der Waals surface area (Å²) < 4.78 is 33.4. The normalized spacial score (nSPS) is 10.4. The molecule has 0 aliphatic heterocycles. The van der Waals surface area contributed by atoms with Gasteiger partial charge in [-0.15, -0.1) is 0 Å². The van der Waals surface area contributed by atoms with E-state index >= 15 is 0 Å². The Morgan fingerprint density at radius 1 is 1.19 bits per heavy atom. The highest BCUT2D eigenvalue weighted by atomic mass is 79.9. The summed E-state index contributed by atoms with van der Waals surface area (Å²) in [6, 6.07) is 12.1. The third-order valence-electron chi connectivity index (χ3n) is 3.81. The number of nitriles is 1. The summed E-state index contributed by atoms with van der Waals surface area (Å²) in [4.78, 5) is 16.6.